The molecule has 20 heavy (non-hydrogen) atoms. The lowest BCUT2D eigenvalue weighted by Gasteiger charge is -1.98. The number of H-pyrrole nitrogens is 1. The molecule has 0 amide bonds. The van der Waals surface area contributed by atoms with Crippen molar-refractivity contribution < 1.29 is 4.84 Å². The van der Waals surface area contributed by atoms with Gasteiger partial charge in [-0.15, -0.1) is 0 Å². The Balaban J connectivity index is 2.06. The number of hydrogen-bond donors (Lipinski definition) is 2. The van der Waals surface area contributed by atoms with E-state index in [9.17, 15) is 0 Å². The molecular formula is C14H13N5O. The Hall–Kier alpha value is -2.89. The van der Waals surface area contributed by atoms with Gasteiger partial charge in [0.1, 0.15) is 12.8 Å². The summed E-state index contributed by atoms with van der Waals surface area (Å²) >= 11 is 0. The summed E-state index contributed by atoms with van der Waals surface area (Å²) in [4.78, 5) is 16.7. The summed E-state index contributed by atoms with van der Waals surface area (Å²) in [6.45, 7) is 0. The standard InChI is InChI=1S/C14H13N5O/c1-20-19-13(15)9-5-6-10-12(8-9)18-14(17-10)11-4-2-3-7-16-11/h2-8H,1H3,(H2,15,19)(H,17,18). The van der Waals surface area contributed by atoms with Gasteiger partial charge in [-0.3, -0.25) is 4.98 Å². The highest BCUT2D eigenvalue weighted by Gasteiger charge is 2.08. The van der Waals surface area contributed by atoms with E-state index in [1.165, 1.54) is 7.11 Å². The first-order chi connectivity index (χ1) is 9.78. The Labute approximate surface area is 115 Å². The van der Waals surface area contributed by atoms with Crippen LogP contribution in [0, 0.1) is 0 Å². The van der Waals surface area contributed by atoms with Crippen molar-refractivity contribution in [1.29, 1.82) is 0 Å². The van der Waals surface area contributed by atoms with Crippen molar-refractivity contribution >= 4 is 16.9 Å². The number of hydrogen-bond acceptors (Lipinski definition) is 4. The largest absolute Gasteiger partial charge is 0.397 e. The molecule has 0 aliphatic rings. The third-order valence-corrected chi connectivity index (χ3v) is 2.87. The molecule has 6 nitrogen and oxygen atoms in total. The number of oxime groups is 1. The molecule has 100 valence electrons. The van der Waals surface area contributed by atoms with Crippen LogP contribution in [0.1, 0.15) is 5.56 Å². The molecule has 0 unspecified atom stereocenters. The zero-order valence-electron chi connectivity index (χ0n) is 10.9. The normalized spacial score (nSPS) is 11.8. The number of nitrogens with one attached hydrogen (secondary N) is 1. The Kier molecular flexibility index (Phi) is 3.04. The Bertz CT molecular complexity index is 764. The van der Waals surface area contributed by atoms with Gasteiger partial charge in [0.05, 0.1) is 11.0 Å². The van der Waals surface area contributed by atoms with Gasteiger partial charge in [-0.2, -0.15) is 0 Å². The van der Waals surface area contributed by atoms with Crippen LogP contribution in [0.15, 0.2) is 47.8 Å². The number of rotatable bonds is 3. The van der Waals surface area contributed by atoms with Gasteiger partial charge in [0.25, 0.3) is 0 Å². The molecular weight excluding hydrogens is 254 g/mol. The van der Waals surface area contributed by atoms with Crippen LogP contribution in [-0.2, 0) is 4.84 Å². The highest BCUT2D eigenvalue weighted by Crippen LogP contribution is 2.19. The lowest BCUT2D eigenvalue weighted by Crippen LogP contribution is -2.13. The maximum atomic E-state index is 5.79. The summed E-state index contributed by atoms with van der Waals surface area (Å²) in [6, 6.07) is 11.3. The number of aromatic amines is 1. The number of aromatic nitrogens is 3. The molecule has 6 heteroatoms. The topological polar surface area (TPSA) is 89.2 Å². The van der Waals surface area contributed by atoms with E-state index < -0.39 is 0 Å². The van der Waals surface area contributed by atoms with Crippen molar-refractivity contribution in [3.8, 4) is 11.5 Å². The van der Waals surface area contributed by atoms with Gasteiger partial charge < -0.3 is 15.6 Å². The SMILES string of the molecule is CO/N=C(\N)c1ccc2nc(-c3ccccn3)[nH]c2c1. The van der Waals surface area contributed by atoms with Crippen LogP contribution in [0.3, 0.4) is 0 Å². The number of pyridine rings is 1. The van der Waals surface area contributed by atoms with Crippen LogP contribution >= 0.6 is 0 Å². The van der Waals surface area contributed by atoms with Gasteiger partial charge in [-0.1, -0.05) is 11.2 Å². The minimum atomic E-state index is 0.323. The van der Waals surface area contributed by atoms with Gasteiger partial charge in [0.15, 0.2) is 11.7 Å². The van der Waals surface area contributed by atoms with Crippen molar-refractivity contribution in [1.82, 2.24) is 15.0 Å². The van der Waals surface area contributed by atoms with Crippen LogP contribution in [0.4, 0.5) is 0 Å². The summed E-state index contributed by atoms with van der Waals surface area (Å²) < 4.78 is 0. The van der Waals surface area contributed by atoms with Crippen LogP contribution < -0.4 is 5.73 Å². The van der Waals surface area contributed by atoms with Crippen LogP contribution in [0.5, 0.6) is 0 Å². The zero-order valence-corrected chi connectivity index (χ0v) is 10.9. The molecule has 3 N–H and O–H groups in total. The van der Waals surface area contributed by atoms with E-state index in [1.807, 2.05) is 36.4 Å². The molecule has 0 spiro atoms. The quantitative estimate of drug-likeness (QED) is 0.431. The van der Waals surface area contributed by atoms with E-state index in [0.29, 0.717) is 5.84 Å². The number of amidine groups is 1. The van der Waals surface area contributed by atoms with E-state index in [1.54, 1.807) is 6.20 Å². The third kappa shape index (κ3) is 2.18. The van der Waals surface area contributed by atoms with Gasteiger partial charge in [-0.25, -0.2) is 4.98 Å². The number of imidazole rings is 1. The Morgan fingerprint density at radius 2 is 2.20 bits per heavy atom. The summed E-state index contributed by atoms with van der Waals surface area (Å²) in [7, 11) is 1.46. The number of benzene rings is 1. The molecule has 0 saturated carbocycles. The van der Waals surface area contributed by atoms with E-state index in [-0.39, 0.29) is 0 Å². The fourth-order valence-corrected chi connectivity index (χ4v) is 1.94. The van der Waals surface area contributed by atoms with Crippen molar-refractivity contribution in [2.24, 2.45) is 10.9 Å². The molecule has 3 rings (SSSR count). The fourth-order valence-electron chi connectivity index (χ4n) is 1.94. The van der Waals surface area contributed by atoms with Crippen LogP contribution in [0.2, 0.25) is 0 Å². The molecule has 0 radical (unpaired) electrons. The smallest absolute Gasteiger partial charge is 0.170 e. The minimum absolute atomic E-state index is 0.323. The van der Waals surface area contributed by atoms with Crippen molar-refractivity contribution in [3.63, 3.8) is 0 Å². The molecule has 3 aromatic rings. The first kappa shape index (κ1) is 12.2. The van der Waals surface area contributed by atoms with Gasteiger partial charge >= 0.3 is 0 Å². The monoisotopic (exact) mass is 267 g/mol. The molecule has 1 aromatic carbocycles. The fraction of sp³-hybridized carbons (Fsp3) is 0.0714. The number of nitrogens with two attached hydrogens (primary N) is 1. The molecule has 0 saturated heterocycles. The molecule has 2 heterocycles. The predicted octanol–water partition coefficient (Wildman–Crippen LogP) is 1.89. The predicted molar refractivity (Wildman–Crippen MR) is 77.1 cm³/mol. The maximum absolute atomic E-state index is 5.79. The average Bonchev–Trinajstić information content (AvgIpc) is 2.91. The molecule has 0 fully saturated rings. The Morgan fingerprint density at radius 3 is 2.95 bits per heavy atom. The highest BCUT2D eigenvalue weighted by molar-refractivity contribution is 5.99. The van der Waals surface area contributed by atoms with E-state index in [0.717, 1.165) is 28.1 Å². The second-order valence-electron chi connectivity index (χ2n) is 4.19. The number of nitrogens with zero attached hydrogens (tertiary/aromatic N) is 3. The van der Waals surface area contributed by atoms with E-state index in [2.05, 4.69) is 24.9 Å². The maximum Gasteiger partial charge on any atom is 0.170 e. The first-order valence-corrected chi connectivity index (χ1v) is 6.06. The molecule has 0 bridgehead atoms. The van der Waals surface area contributed by atoms with Crippen molar-refractivity contribution in [3.05, 3.63) is 48.2 Å². The first-order valence-electron chi connectivity index (χ1n) is 6.06. The van der Waals surface area contributed by atoms with Crippen molar-refractivity contribution in [2.45, 2.75) is 0 Å². The van der Waals surface area contributed by atoms with E-state index >= 15 is 0 Å². The van der Waals surface area contributed by atoms with Gasteiger partial charge in [-0.05, 0) is 30.3 Å². The van der Waals surface area contributed by atoms with Gasteiger partial charge in [0, 0.05) is 11.8 Å². The average molecular weight is 267 g/mol. The third-order valence-electron chi connectivity index (χ3n) is 2.87. The van der Waals surface area contributed by atoms with E-state index in [4.69, 9.17) is 5.73 Å². The van der Waals surface area contributed by atoms with Crippen LogP contribution in [0.25, 0.3) is 22.6 Å². The molecule has 2 aromatic heterocycles. The second-order valence-corrected chi connectivity index (χ2v) is 4.19. The summed E-state index contributed by atoms with van der Waals surface area (Å²) in [5.74, 6) is 1.04. The molecule has 0 atom stereocenters. The minimum Gasteiger partial charge on any atom is -0.397 e. The summed E-state index contributed by atoms with van der Waals surface area (Å²) in [5, 5.41) is 3.71. The number of fused-ring (bicyclic) bond motifs is 1. The second kappa shape index (κ2) is 5.00. The Morgan fingerprint density at radius 1 is 1.30 bits per heavy atom. The molecule has 0 aliphatic heterocycles. The summed E-state index contributed by atoms with van der Waals surface area (Å²) in [5.41, 5.74) is 9.08. The molecule has 0 aliphatic carbocycles. The van der Waals surface area contributed by atoms with Crippen LogP contribution in [-0.4, -0.2) is 27.9 Å². The summed E-state index contributed by atoms with van der Waals surface area (Å²) in [6.07, 6.45) is 1.73. The van der Waals surface area contributed by atoms with Crippen molar-refractivity contribution in [2.75, 3.05) is 7.11 Å². The lowest BCUT2D eigenvalue weighted by molar-refractivity contribution is 0.213. The lowest BCUT2D eigenvalue weighted by atomic mass is 10.2. The highest BCUT2D eigenvalue weighted by atomic mass is 16.6. The van der Waals surface area contributed by atoms with Gasteiger partial charge in [0.2, 0.25) is 0 Å². The zero-order chi connectivity index (χ0) is 13.9.